The van der Waals surface area contributed by atoms with Gasteiger partial charge in [-0.25, -0.2) is 0 Å². The summed E-state index contributed by atoms with van der Waals surface area (Å²) < 4.78 is 0. The molecule has 21 heavy (non-hydrogen) atoms. The molecule has 1 heteroatoms. The molecule has 0 heterocycles. The predicted octanol–water partition coefficient (Wildman–Crippen LogP) is 5.28. The molecule has 3 rings (SSSR count). The van der Waals surface area contributed by atoms with E-state index in [4.69, 9.17) is 0 Å². The smallest absolute Gasteiger partial charge is 0.0818 e. The van der Waals surface area contributed by atoms with Crippen molar-refractivity contribution in [3.63, 3.8) is 0 Å². The summed E-state index contributed by atoms with van der Waals surface area (Å²) in [4.78, 5) is 0. The maximum Gasteiger partial charge on any atom is 0.0818 e. The molecule has 0 amide bonds. The molecule has 4 atom stereocenters. The van der Waals surface area contributed by atoms with Crippen molar-refractivity contribution in [1.82, 2.24) is 0 Å². The van der Waals surface area contributed by atoms with Crippen LogP contribution in [0.25, 0.3) is 0 Å². The lowest BCUT2D eigenvalue weighted by Crippen LogP contribution is -2.30. The number of benzene rings is 1. The van der Waals surface area contributed by atoms with Gasteiger partial charge in [0.05, 0.1) is 6.10 Å². The molecule has 0 saturated heterocycles. The number of fused-ring (bicyclic) bond motifs is 1. The summed E-state index contributed by atoms with van der Waals surface area (Å²) in [7, 11) is 0. The highest BCUT2D eigenvalue weighted by Crippen LogP contribution is 2.46. The molecule has 2 fully saturated rings. The van der Waals surface area contributed by atoms with Gasteiger partial charge in [0.2, 0.25) is 0 Å². The van der Waals surface area contributed by atoms with Gasteiger partial charge in [0.1, 0.15) is 0 Å². The van der Waals surface area contributed by atoms with E-state index in [9.17, 15) is 5.11 Å². The fourth-order valence-corrected chi connectivity index (χ4v) is 4.69. The Morgan fingerprint density at radius 1 is 1.10 bits per heavy atom. The van der Waals surface area contributed by atoms with Crippen molar-refractivity contribution in [3.05, 3.63) is 35.4 Å². The molecule has 1 aromatic carbocycles. The molecule has 2 aliphatic rings. The topological polar surface area (TPSA) is 20.2 Å². The minimum atomic E-state index is -0.246. The van der Waals surface area contributed by atoms with Crippen LogP contribution in [0.3, 0.4) is 0 Å². The first-order chi connectivity index (χ1) is 10.3. The summed E-state index contributed by atoms with van der Waals surface area (Å²) in [6.07, 6.45) is 11.6. The Morgan fingerprint density at radius 2 is 1.90 bits per heavy atom. The van der Waals surface area contributed by atoms with Gasteiger partial charge in [0.15, 0.2) is 0 Å². The highest BCUT2D eigenvalue weighted by Gasteiger charge is 2.35. The van der Waals surface area contributed by atoms with Crippen LogP contribution in [-0.2, 0) is 6.42 Å². The van der Waals surface area contributed by atoms with Crippen molar-refractivity contribution >= 4 is 0 Å². The first-order valence-electron chi connectivity index (χ1n) is 9.05. The zero-order chi connectivity index (χ0) is 14.7. The number of aliphatic hydroxyl groups is 1. The average Bonchev–Trinajstić information content (AvgIpc) is 2.54. The molecule has 4 unspecified atom stereocenters. The molecule has 0 radical (unpaired) electrons. The first-order valence-corrected chi connectivity index (χ1v) is 9.05. The molecule has 0 spiro atoms. The molecule has 1 aromatic rings. The van der Waals surface area contributed by atoms with Crippen LogP contribution in [-0.4, -0.2) is 5.11 Å². The van der Waals surface area contributed by atoms with E-state index in [0.29, 0.717) is 5.92 Å². The quantitative estimate of drug-likeness (QED) is 0.798. The Hall–Kier alpha value is -0.820. The van der Waals surface area contributed by atoms with Gasteiger partial charge >= 0.3 is 0 Å². The van der Waals surface area contributed by atoms with Gasteiger partial charge in [-0.3, -0.25) is 0 Å². The molecule has 116 valence electrons. The summed E-state index contributed by atoms with van der Waals surface area (Å²) in [6, 6.07) is 8.67. The summed E-state index contributed by atoms with van der Waals surface area (Å²) in [5.74, 6) is 2.35. The van der Waals surface area contributed by atoms with E-state index >= 15 is 0 Å². The second kappa shape index (κ2) is 6.96. The molecule has 2 saturated carbocycles. The molecule has 1 N–H and O–H groups in total. The van der Waals surface area contributed by atoms with Crippen LogP contribution in [0.1, 0.15) is 75.5 Å². The largest absolute Gasteiger partial charge is 0.388 e. The molecule has 0 aliphatic heterocycles. The van der Waals surface area contributed by atoms with E-state index in [-0.39, 0.29) is 6.10 Å². The molecular weight excluding hydrogens is 256 g/mol. The third-order valence-electron chi connectivity index (χ3n) is 5.86. The van der Waals surface area contributed by atoms with Crippen molar-refractivity contribution in [1.29, 1.82) is 0 Å². The highest BCUT2D eigenvalue weighted by molar-refractivity contribution is 5.26. The van der Waals surface area contributed by atoms with Crippen LogP contribution in [0.2, 0.25) is 0 Å². The van der Waals surface area contributed by atoms with Gasteiger partial charge in [-0.05, 0) is 54.6 Å². The summed E-state index contributed by atoms with van der Waals surface area (Å²) in [5, 5.41) is 10.8. The lowest BCUT2D eigenvalue weighted by atomic mass is 9.66. The Labute approximate surface area is 129 Å². The summed E-state index contributed by atoms with van der Waals surface area (Å²) >= 11 is 0. The number of hydrogen-bond donors (Lipinski definition) is 1. The van der Waals surface area contributed by atoms with E-state index in [1.807, 2.05) is 0 Å². The lowest BCUT2D eigenvalue weighted by Gasteiger charge is -2.41. The van der Waals surface area contributed by atoms with Crippen LogP contribution in [0, 0.1) is 17.8 Å². The van der Waals surface area contributed by atoms with Crippen molar-refractivity contribution in [3.8, 4) is 0 Å². The molecular formula is C20H30O. The number of aliphatic hydroxyl groups excluding tert-OH is 1. The van der Waals surface area contributed by atoms with Gasteiger partial charge in [0, 0.05) is 0 Å². The maximum absolute atomic E-state index is 10.8. The third-order valence-corrected chi connectivity index (χ3v) is 5.86. The van der Waals surface area contributed by atoms with Crippen LogP contribution in [0.15, 0.2) is 24.3 Å². The molecule has 0 bridgehead atoms. The van der Waals surface area contributed by atoms with E-state index < -0.39 is 0 Å². The van der Waals surface area contributed by atoms with E-state index in [0.717, 1.165) is 23.8 Å². The number of rotatable bonds is 4. The van der Waals surface area contributed by atoms with Crippen molar-refractivity contribution < 1.29 is 5.11 Å². The van der Waals surface area contributed by atoms with Gasteiger partial charge in [-0.1, -0.05) is 63.3 Å². The van der Waals surface area contributed by atoms with Crippen LogP contribution < -0.4 is 0 Å². The zero-order valence-electron chi connectivity index (χ0n) is 13.4. The Morgan fingerprint density at radius 3 is 2.71 bits per heavy atom. The normalized spacial score (nSPS) is 30.7. The number of hydrogen-bond acceptors (Lipinski definition) is 1. The Balaban J connectivity index is 1.67. The summed E-state index contributed by atoms with van der Waals surface area (Å²) in [6.45, 7) is 2.22. The van der Waals surface area contributed by atoms with Crippen molar-refractivity contribution in [2.45, 2.75) is 70.8 Å². The second-order valence-electron chi connectivity index (χ2n) is 7.32. The Kier molecular flexibility index (Phi) is 5.00. The van der Waals surface area contributed by atoms with Gasteiger partial charge < -0.3 is 5.11 Å². The lowest BCUT2D eigenvalue weighted by molar-refractivity contribution is 0.0349. The van der Waals surface area contributed by atoms with Gasteiger partial charge in [-0.15, -0.1) is 0 Å². The van der Waals surface area contributed by atoms with Gasteiger partial charge in [-0.2, -0.15) is 0 Å². The third kappa shape index (κ3) is 3.51. The molecule has 1 nitrogen and oxygen atoms in total. The van der Waals surface area contributed by atoms with Crippen LogP contribution >= 0.6 is 0 Å². The minimum Gasteiger partial charge on any atom is -0.388 e. The average molecular weight is 286 g/mol. The highest BCUT2D eigenvalue weighted by atomic mass is 16.3. The number of aryl methyl sites for hydroxylation is 1. The monoisotopic (exact) mass is 286 g/mol. The maximum atomic E-state index is 10.8. The summed E-state index contributed by atoms with van der Waals surface area (Å²) in [5.41, 5.74) is 2.53. The van der Waals surface area contributed by atoms with E-state index in [1.54, 1.807) is 0 Å². The Bertz CT molecular complexity index is 453. The zero-order valence-corrected chi connectivity index (χ0v) is 13.4. The van der Waals surface area contributed by atoms with Gasteiger partial charge in [0.25, 0.3) is 0 Å². The fraction of sp³-hybridized carbons (Fsp3) is 0.700. The van der Waals surface area contributed by atoms with Crippen molar-refractivity contribution in [2.75, 3.05) is 0 Å². The second-order valence-corrected chi connectivity index (χ2v) is 7.32. The van der Waals surface area contributed by atoms with E-state index in [1.165, 1.54) is 56.9 Å². The van der Waals surface area contributed by atoms with Crippen LogP contribution in [0.4, 0.5) is 0 Å². The SMILES string of the molecule is CCCc1cccc(C(O)C2CCC3CCCCC3C2)c1. The standard InChI is InChI=1S/C20H30O/c1-2-6-15-7-5-10-18(13-15)20(21)19-12-11-16-8-3-4-9-17(16)14-19/h5,7,10,13,16-17,19-21H,2-4,6,8-9,11-12,14H2,1H3. The fourth-order valence-electron chi connectivity index (χ4n) is 4.69. The minimum absolute atomic E-state index is 0.246. The molecule has 0 aromatic heterocycles. The van der Waals surface area contributed by atoms with E-state index in [2.05, 4.69) is 31.2 Å². The van der Waals surface area contributed by atoms with Crippen molar-refractivity contribution in [2.24, 2.45) is 17.8 Å². The van der Waals surface area contributed by atoms with Crippen LogP contribution in [0.5, 0.6) is 0 Å². The molecule has 2 aliphatic carbocycles. The predicted molar refractivity (Wildman–Crippen MR) is 88.2 cm³/mol. The first kappa shape index (κ1) is 15.1.